The molecular formula is C26H36ClN9O2. The molecule has 38 heavy (non-hydrogen) atoms. The molecule has 1 saturated carbocycles. The van der Waals surface area contributed by atoms with Crippen molar-refractivity contribution in [3.05, 3.63) is 34.2 Å². The van der Waals surface area contributed by atoms with Gasteiger partial charge in [0.05, 0.1) is 11.3 Å². The third-order valence-electron chi connectivity index (χ3n) is 7.84. The second kappa shape index (κ2) is 10.9. The van der Waals surface area contributed by atoms with E-state index in [1.54, 1.807) is 12.1 Å². The van der Waals surface area contributed by atoms with Crippen molar-refractivity contribution in [2.75, 3.05) is 49.1 Å². The SMILES string of the molecule is CC[C@H]1CN(c2nc(N)c(C(=O)NC3CC3)nc2C)CCN1C1CCN(C(=O)c2ccc(Cl)nc2N)CC1. The fourth-order valence-electron chi connectivity index (χ4n) is 5.58. The van der Waals surface area contributed by atoms with Crippen LogP contribution in [0.1, 0.15) is 65.6 Å². The molecule has 12 heteroatoms. The summed E-state index contributed by atoms with van der Waals surface area (Å²) >= 11 is 5.89. The summed E-state index contributed by atoms with van der Waals surface area (Å²) in [5.74, 6) is 0.749. The Morgan fingerprint density at radius 1 is 1.03 bits per heavy atom. The topological polar surface area (TPSA) is 147 Å². The molecule has 2 aromatic heterocycles. The third-order valence-corrected chi connectivity index (χ3v) is 8.05. The number of piperazine rings is 1. The molecule has 4 heterocycles. The van der Waals surface area contributed by atoms with Crippen molar-refractivity contribution in [2.24, 2.45) is 0 Å². The molecule has 2 aromatic rings. The highest BCUT2D eigenvalue weighted by molar-refractivity contribution is 6.29. The number of nitrogens with two attached hydrogens (primary N) is 2. The number of anilines is 3. The summed E-state index contributed by atoms with van der Waals surface area (Å²) in [6.45, 7) is 7.93. The fraction of sp³-hybridized carbons (Fsp3) is 0.577. The molecule has 3 fully saturated rings. The van der Waals surface area contributed by atoms with Crippen molar-refractivity contribution in [3.8, 4) is 0 Å². The Labute approximate surface area is 227 Å². The predicted octanol–water partition coefficient (Wildman–Crippen LogP) is 2.10. The van der Waals surface area contributed by atoms with E-state index >= 15 is 0 Å². The highest BCUT2D eigenvalue weighted by Crippen LogP contribution is 2.29. The van der Waals surface area contributed by atoms with E-state index in [2.05, 4.69) is 37.0 Å². The number of aromatic nitrogens is 3. The summed E-state index contributed by atoms with van der Waals surface area (Å²) < 4.78 is 0. The number of nitrogens with one attached hydrogen (secondary N) is 1. The van der Waals surface area contributed by atoms with Gasteiger partial charge < -0.3 is 26.6 Å². The summed E-state index contributed by atoms with van der Waals surface area (Å²) in [6, 6.07) is 4.22. The van der Waals surface area contributed by atoms with Gasteiger partial charge in [0.1, 0.15) is 11.0 Å². The van der Waals surface area contributed by atoms with Crippen LogP contribution in [-0.4, -0.2) is 87.4 Å². The first-order chi connectivity index (χ1) is 18.2. The monoisotopic (exact) mass is 541 g/mol. The first-order valence-electron chi connectivity index (χ1n) is 13.4. The van der Waals surface area contributed by atoms with E-state index in [4.69, 9.17) is 23.1 Å². The molecule has 1 atom stereocenters. The molecule has 2 amide bonds. The number of halogens is 1. The van der Waals surface area contributed by atoms with Gasteiger partial charge in [-0.25, -0.2) is 15.0 Å². The minimum atomic E-state index is -0.247. The minimum absolute atomic E-state index is 0.0946. The molecule has 2 aliphatic heterocycles. The number of nitrogens with zero attached hydrogens (tertiary/aromatic N) is 6. The highest BCUT2D eigenvalue weighted by Gasteiger charge is 2.35. The van der Waals surface area contributed by atoms with Crippen LogP contribution in [0.2, 0.25) is 5.15 Å². The van der Waals surface area contributed by atoms with Gasteiger partial charge >= 0.3 is 0 Å². The maximum absolute atomic E-state index is 13.0. The Morgan fingerprint density at radius 3 is 2.42 bits per heavy atom. The smallest absolute Gasteiger partial charge is 0.273 e. The van der Waals surface area contributed by atoms with Crippen LogP contribution < -0.4 is 21.7 Å². The Balaban J connectivity index is 1.21. The number of likely N-dealkylation sites (tertiary alicyclic amines) is 1. The average Bonchev–Trinajstić information content (AvgIpc) is 3.73. The molecule has 0 aromatic carbocycles. The average molecular weight is 542 g/mol. The van der Waals surface area contributed by atoms with Crippen molar-refractivity contribution in [3.63, 3.8) is 0 Å². The number of hydrogen-bond acceptors (Lipinski definition) is 9. The summed E-state index contributed by atoms with van der Waals surface area (Å²) in [5, 5.41) is 3.22. The zero-order valence-electron chi connectivity index (χ0n) is 22.0. The maximum atomic E-state index is 13.0. The maximum Gasteiger partial charge on any atom is 0.273 e. The molecule has 1 aliphatic carbocycles. The number of rotatable bonds is 6. The van der Waals surface area contributed by atoms with Crippen LogP contribution in [0, 0.1) is 6.92 Å². The van der Waals surface area contributed by atoms with Crippen LogP contribution in [-0.2, 0) is 0 Å². The van der Waals surface area contributed by atoms with Gasteiger partial charge in [0.15, 0.2) is 17.3 Å². The Bertz CT molecular complexity index is 1210. The van der Waals surface area contributed by atoms with Crippen LogP contribution in [0.4, 0.5) is 17.5 Å². The van der Waals surface area contributed by atoms with Gasteiger partial charge in [-0.15, -0.1) is 0 Å². The molecule has 0 radical (unpaired) electrons. The number of piperidine rings is 1. The number of amides is 2. The zero-order valence-corrected chi connectivity index (χ0v) is 22.7. The van der Waals surface area contributed by atoms with E-state index in [1.165, 1.54) is 0 Å². The lowest BCUT2D eigenvalue weighted by atomic mass is 9.97. The summed E-state index contributed by atoms with van der Waals surface area (Å²) in [5.41, 5.74) is 13.4. The van der Waals surface area contributed by atoms with Gasteiger partial charge in [0, 0.05) is 50.8 Å². The molecule has 0 spiro atoms. The van der Waals surface area contributed by atoms with Crippen molar-refractivity contribution in [1.29, 1.82) is 0 Å². The largest absolute Gasteiger partial charge is 0.383 e. The van der Waals surface area contributed by atoms with E-state index in [0.717, 1.165) is 57.6 Å². The van der Waals surface area contributed by atoms with E-state index < -0.39 is 0 Å². The van der Waals surface area contributed by atoms with E-state index in [9.17, 15) is 9.59 Å². The van der Waals surface area contributed by atoms with E-state index in [0.29, 0.717) is 36.4 Å². The number of pyridine rings is 1. The molecule has 5 rings (SSSR count). The molecular weight excluding hydrogens is 506 g/mol. The summed E-state index contributed by atoms with van der Waals surface area (Å²) in [6.07, 6.45) is 4.80. The predicted molar refractivity (Wildman–Crippen MR) is 147 cm³/mol. The lowest BCUT2D eigenvalue weighted by Crippen LogP contribution is -2.59. The third kappa shape index (κ3) is 5.49. The van der Waals surface area contributed by atoms with Crippen LogP contribution in [0.25, 0.3) is 0 Å². The minimum Gasteiger partial charge on any atom is -0.383 e. The van der Waals surface area contributed by atoms with Crippen molar-refractivity contribution < 1.29 is 9.59 Å². The molecule has 11 nitrogen and oxygen atoms in total. The number of carbonyl (C=O) groups is 2. The van der Waals surface area contributed by atoms with Gasteiger partial charge in [0.25, 0.3) is 11.8 Å². The molecule has 2 saturated heterocycles. The fourth-order valence-corrected chi connectivity index (χ4v) is 5.73. The van der Waals surface area contributed by atoms with Crippen LogP contribution in [0.15, 0.2) is 12.1 Å². The highest BCUT2D eigenvalue weighted by atomic mass is 35.5. The first kappa shape index (κ1) is 26.4. The van der Waals surface area contributed by atoms with Gasteiger partial charge in [0.2, 0.25) is 0 Å². The molecule has 3 aliphatic rings. The van der Waals surface area contributed by atoms with E-state index in [-0.39, 0.29) is 40.3 Å². The van der Waals surface area contributed by atoms with Crippen molar-refractivity contribution in [1.82, 2.24) is 30.1 Å². The Kier molecular flexibility index (Phi) is 7.58. The Morgan fingerprint density at radius 2 is 1.76 bits per heavy atom. The number of carbonyl (C=O) groups excluding carboxylic acids is 2. The second-order valence-corrected chi connectivity index (χ2v) is 10.8. The first-order valence-corrected chi connectivity index (χ1v) is 13.8. The summed E-state index contributed by atoms with van der Waals surface area (Å²) in [4.78, 5) is 45.4. The van der Waals surface area contributed by atoms with Gasteiger partial charge in [-0.05, 0) is 51.2 Å². The number of nitrogen functional groups attached to an aromatic ring is 2. The lowest BCUT2D eigenvalue weighted by molar-refractivity contribution is 0.0491. The van der Waals surface area contributed by atoms with Crippen LogP contribution >= 0.6 is 11.6 Å². The van der Waals surface area contributed by atoms with Gasteiger partial charge in [-0.1, -0.05) is 18.5 Å². The molecule has 204 valence electrons. The lowest BCUT2D eigenvalue weighted by Gasteiger charge is -2.47. The zero-order chi connectivity index (χ0) is 27.0. The number of aryl methyl sites for hydroxylation is 1. The normalized spacial score (nSPS) is 21.0. The van der Waals surface area contributed by atoms with E-state index in [1.807, 2.05) is 11.8 Å². The number of hydrogen-bond donors (Lipinski definition) is 3. The van der Waals surface area contributed by atoms with Gasteiger partial charge in [-0.2, -0.15) is 0 Å². The standard InChI is InChI=1S/C26H36ClN9O2/c1-3-17-14-35(24-15(2)30-21(23(29)33-24)25(37)31-16-4-5-16)12-13-36(17)18-8-10-34(11-9-18)26(38)19-6-7-20(27)32-22(19)28/h6-7,16-18H,3-5,8-14H2,1-2H3,(H2,28,32)(H2,29,33)(H,31,37)/t17-/m0/s1. The quantitative estimate of drug-likeness (QED) is 0.468. The van der Waals surface area contributed by atoms with Gasteiger partial charge in [-0.3, -0.25) is 14.5 Å². The molecule has 0 unspecified atom stereocenters. The second-order valence-electron chi connectivity index (χ2n) is 10.5. The van der Waals surface area contributed by atoms with Crippen LogP contribution in [0.5, 0.6) is 0 Å². The summed E-state index contributed by atoms with van der Waals surface area (Å²) in [7, 11) is 0. The van der Waals surface area contributed by atoms with Crippen molar-refractivity contribution in [2.45, 2.75) is 64.1 Å². The molecule has 0 bridgehead atoms. The molecule has 5 N–H and O–H groups in total. The Hall–Kier alpha value is -3.18. The van der Waals surface area contributed by atoms with Crippen molar-refractivity contribution >= 4 is 40.9 Å². The van der Waals surface area contributed by atoms with Crippen LogP contribution in [0.3, 0.4) is 0 Å².